The second kappa shape index (κ2) is 8.83. The average Bonchev–Trinajstić information content (AvgIpc) is 2.77. The summed E-state index contributed by atoms with van der Waals surface area (Å²) in [6.45, 7) is 0.415. The summed E-state index contributed by atoms with van der Waals surface area (Å²) in [4.78, 5) is 23.9. The van der Waals surface area contributed by atoms with E-state index in [0.29, 0.717) is 17.7 Å². The molecule has 0 unspecified atom stereocenters. The second-order valence-corrected chi connectivity index (χ2v) is 6.13. The zero-order chi connectivity index (χ0) is 19.9. The number of carbonyl (C=O) groups excluding carboxylic acids is 2. The van der Waals surface area contributed by atoms with Gasteiger partial charge in [-0.3, -0.25) is 14.8 Å². The first-order valence-electron chi connectivity index (χ1n) is 8.67. The number of hydrogen-bond acceptors (Lipinski definition) is 4. The predicted octanol–water partition coefficient (Wildman–Crippen LogP) is 3.41. The Kier molecular flexibility index (Phi) is 6.04. The van der Waals surface area contributed by atoms with E-state index in [9.17, 15) is 9.59 Å². The summed E-state index contributed by atoms with van der Waals surface area (Å²) >= 11 is 0. The fourth-order valence-electron chi connectivity index (χ4n) is 2.75. The Bertz CT molecular complexity index is 967. The number of benzene rings is 3. The molecule has 6 heteroatoms. The zero-order valence-electron chi connectivity index (χ0n) is 15.3. The molecule has 3 N–H and O–H groups in total. The van der Waals surface area contributed by atoms with E-state index in [0.717, 1.165) is 22.4 Å². The lowest BCUT2D eigenvalue weighted by atomic mass is 10.0. The summed E-state index contributed by atoms with van der Waals surface area (Å²) in [5, 5.41) is 11.6. The fourth-order valence-corrected chi connectivity index (χ4v) is 2.75. The minimum Gasteiger partial charge on any atom is -0.497 e. The first-order valence-corrected chi connectivity index (χ1v) is 8.67. The Morgan fingerprint density at radius 3 is 2.21 bits per heavy atom. The Hall–Kier alpha value is -3.64. The third-order valence-electron chi connectivity index (χ3n) is 4.32. The topological polar surface area (TPSA) is 87.7 Å². The van der Waals surface area contributed by atoms with Crippen LogP contribution in [0.1, 0.15) is 26.3 Å². The highest BCUT2D eigenvalue weighted by molar-refractivity contribution is 5.96. The lowest BCUT2D eigenvalue weighted by Crippen LogP contribution is -2.22. The molecule has 0 aliphatic carbocycles. The molecular formula is C22H20N2O4. The summed E-state index contributed by atoms with van der Waals surface area (Å²) in [6.07, 6.45) is 0. The molecule has 0 atom stereocenters. The highest BCUT2D eigenvalue weighted by Crippen LogP contribution is 2.21. The molecule has 6 nitrogen and oxygen atoms in total. The normalized spacial score (nSPS) is 10.2. The molecule has 0 fully saturated rings. The molecule has 0 aliphatic rings. The number of rotatable bonds is 6. The largest absolute Gasteiger partial charge is 0.497 e. The van der Waals surface area contributed by atoms with Crippen LogP contribution in [0.4, 0.5) is 0 Å². The van der Waals surface area contributed by atoms with E-state index in [2.05, 4.69) is 5.32 Å². The monoisotopic (exact) mass is 376 g/mol. The standard InChI is InChI=1S/C22H20N2O4/c1-28-20-11-5-15(6-12-20)14-23-21(25)19-4-2-3-18(13-19)16-7-9-17(10-8-16)22(26)24-27/h2-13,27H,14H2,1H3,(H,23,25)(H,24,26). The molecule has 0 aliphatic heterocycles. The van der Waals surface area contributed by atoms with Crippen molar-refractivity contribution in [1.29, 1.82) is 0 Å². The molecule has 3 aromatic carbocycles. The van der Waals surface area contributed by atoms with Gasteiger partial charge in [0.25, 0.3) is 11.8 Å². The lowest BCUT2D eigenvalue weighted by molar-refractivity contribution is 0.0706. The van der Waals surface area contributed by atoms with Gasteiger partial charge in [-0.05, 0) is 53.1 Å². The van der Waals surface area contributed by atoms with E-state index in [1.54, 1.807) is 49.0 Å². The molecule has 0 bridgehead atoms. The minimum absolute atomic E-state index is 0.172. The zero-order valence-corrected chi connectivity index (χ0v) is 15.3. The van der Waals surface area contributed by atoms with Crippen molar-refractivity contribution in [1.82, 2.24) is 10.8 Å². The van der Waals surface area contributed by atoms with Crippen LogP contribution >= 0.6 is 0 Å². The molecule has 0 spiro atoms. The number of ether oxygens (including phenoxy) is 1. The number of carbonyl (C=O) groups is 2. The van der Waals surface area contributed by atoms with E-state index < -0.39 is 5.91 Å². The summed E-state index contributed by atoms with van der Waals surface area (Å²) in [7, 11) is 1.61. The van der Waals surface area contributed by atoms with Crippen LogP contribution in [0.5, 0.6) is 5.75 Å². The van der Waals surface area contributed by atoms with E-state index in [1.165, 1.54) is 0 Å². The van der Waals surface area contributed by atoms with Crippen LogP contribution < -0.4 is 15.5 Å². The van der Waals surface area contributed by atoms with E-state index in [4.69, 9.17) is 9.94 Å². The van der Waals surface area contributed by atoms with Gasteiger partial charge in [-0.1, -0.05) is 36.4 Å². The van der Waals surface area contributed by atoms with Gasteiger partial charge in [-0.2, -0.15) is 0 Å². The summed E-state index contributed by atoms with van der Waals surface area (Å²) < 4.78 is 5.12. The Morgan fingerprint density at radius 2 is 1.57 bits per heavy atom. The van der Waals surface area contributed by atoms with Crippen LogP contribution in [0.25, 0.3) is 11.1 Å². The third-order valence-corrected chi connectivity index (χ3v) is 4.32. The quantitative estimate of drug-likeness (QED) is 0.454. The van der Waals surface area contributed by atoms with Gasteiger partial charge in [0.1, 0.15) is 5.75 Å². The van der Waals surface area contributed by atoms with Crippen molar-refractivity contribution in [3.63, 3.8) is 0 Å². The Morgan fingerprint density at radius 1 is 0.857 bits per heavy atom. The van der Waals surface area contributed by atoms with Gasteiger partial charge in [-0.15, -0.1) is 0 Å². The van der Waals surface area contributed by atoms with E-state index >= 15 is 0 Å². The maximum atomic E-state index is 12.5. The van der Waals surface area contributed by atoms with Gasteiger partial charge in [0.2, 0.25) is 0 Å². The summed E-state index contributed by atoms with van der Waals surface area (Å²) in [5.41, 5.74) is 5.18. The maximum absolute atomic E-state index is 12.5. The van der Waals surface area contributed by atoms with Gasteiger partial charge in [0.05, 0.1) is 7.11 Å². The maximum Gasteiger partial charge on any atom is 0.274 e. The Balaban J connectivity index is 1.69. The van der Waals surface area contributed by atoms with Crippen molar-refractivity contribution < 1.29 is 19.5 Å². The molecule has 0 aromatic heterocycles. The molecule has 3 rings (SSSR count). The number of amides is 2. The molecule has 3 aromatic rings. The van der Waals surface area contributed by atoms with Crippen molar-refractivity contribution in [2.24, 2.45) is 0 Å². The van der Waals surface area contributed by atoms with Crippen LogP contribution in [0.3, 0.4) is 0 Å². The van der Waals surface area contributed by atoms with Crippen molar-refractivity contribution >= 4 is 11.8 Å². The van der Waals surface area contributed by atoms with Gasteiger partial charge in [0.15, 0.2) is 0 Å². The van der Waals surface area contributed by atoms with Gasteiger partial charge in [0, 0.05) is 17.7 Å². The van der Waals surface area contributed by atoms with E-state index in [-0.39, 0.29) is 5.91 Å². The lowest BCUT2D eigenvalue weighted by Gasteiger charge is -2.08. The molecule has 2 amide bonds. The minimum atomic E-state index is -0.571. The van der Waals surface area contributed by atoms with Gasteiger partial charge >= 0.3 is 0 Å². The van der Waals surface area contributed by atoms with Gasteiger partial charge in [-0.25, -0.2) is 5.48 Å². The fraction of sp³-hybridized carbons (Fsp3) is 0.0909. The molecule has 0 saturated carbocycles. The predicted molar refractivity (Wildman–Crippen MR) is 105 cm³/mol. The molecular weight excluding hydrogens is 356 g/mol. The van der Waals surface area contributed by atoms with Crippen LogP contribution in [0.15, 0.2) is 72.8 Å². The average molecular weight is 376 g/mol. The molecule has 0 heterocycles. The van der Waals surface area contributed by atoms with Crippen LogP contribution in [0.2, 0.25) is 0 Å². The highest BCUT2D eigenvalue weighted by atomic mass is 16.5. The van der Waals surface area contributed by atoms with Crippen molar-refractivity contribution in [3.05, 3.63) is 89.5 Å². The number of methoxy groups -OCH3 is 1. The van der Waals surface area contributed by atoms with Crippen molar-refractivity contribution in [2.75, 3.05) is 7.11 Å². The molecule has 0 saturated heterocycles. The molecule has 142 valence electrons. The second-order valence-electron chi connectivity index (χ2n) is 6.13. The van der Waals surface area contributed by atoms with Crippen molar-refractivity contribution in [2.45, 2.75) is 6.54 Å². The van der Waals surface area contributed by atoms with Crippen LogP contribution in [-0.4, -0.2) is 24.1 Å². The van der Waals surface area contributed by atoms with Crippen LogP contribution in [-0.2, 0) is 6.54 Å². The number of nitrogens with one attached hydrogen (secondary N) is 2. The number of hydroxylamine groups is 1. The van der Waals surface area contributed by atoms with Crippen molar-refractivity contribution in [3.8, 4) is 16.9 Å². The molecule has 0 radical (unpaired) electrons. The first kappa shape index (κ1) is 19.1. The molecule has 28 heavy (non-hydrogen) atoms. The summed E-state index contributed by atoms with van der Waals surface area (Å²) in [6, 6.07) is 21.5. The first-order chi connectivity index (χ1) is 13.6. The van der Waals surface area contributed by atoms with Gasteiger partial charge < -0.3 is 10.1 Å². The SMILES string of the molecule is COc1ccc(CNC(=O)c2cccc(-c3ccc(C(=O)NO)cc3)c2)cc1. The smallest absolute Gasteiger partial charge is 0.274 e. The highest BCUT2D eigenvalue weighted by Gasteiger charge is 2.09. The van der Waals surface area contributed by atoms with Crippen LogP contribution in [0, 0.1) is 0 Å². The van der Waals surface area contributed by atoms with E-state index in [1.807, 2.05) is 36.4 Å². The summed E-state index contributed by atoms with van der Waals surface area (Å²) in [5.74, 6) is 0.0254. The number of hydrogen-bond donors (Lipinski definition) is 3. The third kappa shape index (κ3) is 4.55. The Labute approximate surface area is 162 Å².